The number of thiophene rings is 1. The number of hydrogen-bond donors (Lipinski definition) is 3. The second kappa shape index (κ2) is 11.6. The lowest BCUT2D eigenvalue weighted by molar-refractivity contribution is -0.113. The Balaban J connectivity index is 1.38. The van der Waals surface area contributed by atoms with E-state index in [1.54, 1.807) is 43.0 Å². The van der Waals surface area contributed by atoms with Crippen molar-refractivity contribution in [2.75, 3.05) is 24.8 Å². The maximum absolute atomic E-state index is 12.6. The average Bonchev–Trinajstić information content (AvgIpc) is 3.44. The van der Waals surface area contributed by atoms with Gasteiger partial charge in [0.15, 0.2) is 11.0 Å². The van der Waals surface area contributed by atoms with Gasteiger partial charge in [0.1, 0.15) is 22.9 Å². The molecule has 0 fully saturated rings. The Morgan fingerprint density at radius 1 is 1.28 bits per heavy atom. The van der Waals surface area contributed by atoms with E-state index in [-0.39, 0.29) is 24.2 Å². The van der Waals surface area contributed by atoms with Crippen molar-refractivity contribution in [1.82, 2.24) is 20.1 Å². The molecule has 0 spiro atoms. The van der Waals surface area contributed by atoms with Crippen molar-refractivity contribution < 1.29 is 19.4 Å². The Bertz CT molecular complexity index is 1300. The van der Waals surface area contributed by atoms with Crippen molar-refractivity contribution in [3.8, 4) is 11.8 Å². The minimum atomic E-state index is -0.782. The van der Waals surface area contributed by atoms with Gasteiger partial charge in [-0.05, 0) is 55.5 Å². The fraction of sp³-hybridized carbons (Fsp3) is 0.375. The first-order chi connectivity index (χ1) is 17.4. The quantitative estimate of drug-likeness (QED) is 0.361. The van der Waals surface area contributed by atoms with Gasteiger partial charge >= 0.3 is 0 Å². The molecule has 1 unspecified atom stereocenters. The van der Waals surface area contributed by atoms with Gasteiger partial charge in [0.25, 0.3) is 5.91 Å². The summed E-state index contributed by atoms with van der Waals surface area (Å²) in [6.07, 6.45) is 3.99. The molecular formula is C24H26N6O4S2. The fourth-order valence-electron chi connectivity index (χ4n) is 4.00. The van der Waals surface area contributed by atoms with Gasteiger partial charge in [-0.1, -0.05) is 11.8 Å². The summed E-state index contributed by atoms with van der Waals surface area (Å²) < 4.78 is 6.74. The number of methoxy groups -OCH3 is 1. The molecule has 1 aliphatic carbocycles. The van der Waals surface area contributed by atoms with Crippen LogP contribution in [0.1, 0.15) is 51.1 Å². The lowest BCUT2D eigenvalue weighted by Gasteiger charge is -2.16. The van der Waals surface area contributed by atoms with Crippen molar-refractivity contribution in [3.05, 3.63) is 51.7 Å². The van der Waals surface area contributed by atoms with E-state index >= 15 is 0 Å². The Labute approximate surface area is 216 Å². The van der Waals surface area contributed by atoms with E-state index in [9.17, 15) is 20.0 Å². The number of aliphatic hydroxyl groups is 1. The molecule has 2 heterocycles. The average molecular weight is 527 g/mol. The second-order valence-electron chi connectivity index (χ2n) is 8.20. The van der Waals surface area contributed by atoms with E-state index in [0.29, 0.717) is 32.9 Å². The third-order valence-electron chi connectivity index (χ3n) is 5.89. The first-order valence-electron chi connectivity index (χ1n) is 11.4. The van der Waals surface area contributed by atoms with Crippen LogP contribution in [0.15, 0.2) is 29.4 Å². The maximum Gasteiger partial charge on any atom is 0.251 e. The highest BCUT2D eigenvalue weighted by Crippen LogP contribution is 2.37. The summed E-state index contributed by atoms with van der Waals surface area (Å²) in [5, 5.41) is 34.4. The predicted molar refractivity (Wildman–Crippen MR) is 136 cm³/mol. The van der Waals surface area contributed by atoms with Gasteiger partial charge in [-0.3, -0.25) is 9.59 Å². The Hall–Kier alpha value is -3.40. The first kappa shape index (κ1) is 25.7. The largest absolute Gasteiger partial charge is 0.497 e. The summed E-state index contributed by atoms with van der Waals surface area (Å²) >= 11 is 2.67. The molecule has 4 rings (SSSR count). The lowest BCUT2D eigenvalue weighted by Crippen LogP contribution is -2.32. The Morgan fingerprint density at radius 3 is 2.72 bits per heavy atom. The highest BCUT2D eigenvalue weighted by molar-refractivity contribution is 7.99. The zero-order valence-electron chi connectivity index (χ0n) is 19.9. The van der Waals surface area contributed by atoms with Crippen LogP contribution in [0.25, 0.3) is 0 Å². The third-order valence-corrected chi connectivity index (χ3v) is 8.12. The highest BCUT2D eigenvalue weighted by Gasteiger charge is 2.24. The van der Waals surface area contributed by atoms with E-state index in [2.05, 4.69) is 26.9 Å². The number of nitrogens with zero attached hydrogens (tertiary/aromatic N) is 4. The Morgan fingerprint density at radius 2 is 2.03 bits per heavy atom. The predicted octanol–water partition coefficient (Wildman–Crippen LogP) is 2.83. The molecule has 12 heteroatoms. The molecule has 0 saturated carbocycles. The van der Waals surface area contributed by atoms with Crippen molar-refractivity contribution >= 4 is 39.9 Å². The number of hydrogen-bond acceptors (Lipinski definition) is 9. The number of carbonyl (C=O) groups excluding carboxylic acids is 2. The van der Waals surface area contributed by atoms with Crippen LogP contribution in [0.3, 0.4) is 0 Å². The summed E-state index contributed by atoms with van der Waals surface area (Å²) in [6, 6.07) is 8.07. The van der Waals surface area contributed by atoms with Crippen molar-refractivity contribution in [2.24, 2.45) is 7.05 Å². The molecule has 2 amide bonds. The van der Waals surface area contributed by atoms with Gasteiger partial charge in [-0.2, -0.15) is 5.26 Å². The fourth-order valence-corrected chi connectivity index (χ4v) is 5.97. The standard InChI is InChI=1S/C24H26N6O4S2/c1-30-21(18(12-31)26-22(33)14-7-9-15(34-2)10-8-14)28-29-24(30)35-13-20(32)27-23-17(11-25)16-5-3-4-6-19(16)36-23/h7-10,18,31H,3-6,12-13H2,1-2H3,(H,26,33)(H,27,32). The zero-order valence-corrected chi connectivity index (χ0v) is 21.5. The van der Waals surface area contributed by atoms with E-state index in [4.69, 9.17) is 4.74 Å². The molecule has 1 aromatic carbocycles. The van der Waals surface area contributed by atoms with Crippen molar-refractivity contribution in [2.45, 2.75) is 36.9 Å². The van der Waals surface area contributed by atoms with Gasteiger partial charge < -0.3 is 25.0 Å². The summed E-state index contributed by atoms with van der Waals surface area (Å²) in [7, 11) is 3.25. The molecule has 1 aliphatic rings. The van der Waals surface area contributed by atoms with Crippen LogP contribution < -0.4 is 15.4 Å². The number of aromatic nitrogens is 3. The van der Waals surface area contributed by atoms with Gasteiger partial charge in [-0.15, -0.1) is 21.5 Å². The number of ether oxygens (including phenoxy) is 1. The van der Waals surface area contributed by atoms with Gasteiger partial charge in [0.05, 0.1) is 25.0 Å². The molecular weight excluding hydrogens is 500 g/mol. The molecule has 0 aliphatic heterocycles. The number of aryl methyl sites for hydroxylation is 1. The summed E-state index contributed by atoms with van der Waals surface area (Å²) in [6.45, 7) is -0.376. The number of nitrogens with one attached hydrogen (secondary N) is 2. The number of aliphatic hydroxyl groups excluding tert-OH is 1. The molecule has 0 saturated heterocycles. The molecule has 3 aromatic rings. The molecule has 1 atom stereocenters. The summed E-state index contributed by atoms with van der Waals surface area (Å²) in [5.74, 6) is 0.444. The number of amides is 2. The topological polar surface area (TPSA) is 142 Å². The van der Waals surface area contributed by atoms with Crippen LogP contribution in [0.4, 0.5) is 5.00 Å². The smallest absolute Gasteiger partial charge is 0.251 e. The van der Waals surface area contributed by atoms with Crippen molar-refractivity contribution in [1.29, 1.82) is 5.26 Å². The van der Waals surface area contributed by atoms with E-state index in [0.717, 1.165) is 31.2 Å². The molecule has 0 radical (unpaired) electrons. The Kier molecular flexibility index (Phi) is 8.25. The van der Waals surface area contributed by atoms with Crippen LogP contribution >= 0.6 is 23.1 Å². The molecule has 3 N–H and O–H groups in total. The number of thioether (sulfide) groups is 1. The summed E-state index contributed by atoms with van der Waals surface area (Å²) in [4.78, 5) is 26.4. The number of fused-ring (bicyclic) bond motifs is 1. The minimum Gasteiger partial charge on any atom is -0.497 e. The maximum atomic E-state index is 12.6. The lowest BCUT2D eigenvalue weighted by atomic mass is 9.96. The van der Waals surface area contributed by atoms with Crippen LogP contribution in [0.5, 0.6) is 5.75 Å². The zero-order chi connectivity index (χ0) is 25.7. The second-order valence-corrected chi connectivity index (χ2v) is 10.2. The normalized spacial score (nSPS) is 13.4. The highest BCUT2D eigenvalue weighted by atomic mass is 32.2. The molecule has 188 valence electrons. The van der Waals surface area contributed by atoms with Crippen LogP contribution in [0, 0.1) is 11.3 Å². The number of benzene rings is 1. The van der Waals surface area contributed by atoms with E-state index < -0.39 is 6.04 Å². The molecule has 0 bridgehead atoms. The SMILES string of the molecule is COc1ccc(C(=O)NC(CO)c2nnc(SCC(=O)Nc3sc4c(c3C#N)CCCC4)n2C)cc1. The molecule has 36 heavy (non-hydrogen) atoms. The van der Waals surface area contributed by atoms with Crippen LogP contribution in [-0.4, -0.2) is 51.2 Å². The van der Waals surface area contributed by atoms with Gasteiger partial charge in [0, 0.05) is 17.5 Å². The van der Waals surface area contributed by atoms with Crippen LogP contribution in [-0.2, 0) is 24.7 Å². The van der Waals surface area contributed by atoms with Crippen molar-refractivity contribution in [3.63, 3.8) is 0 Å². The number of carbonyl (C=O) groups is 2. The van der Waals surface area contributed by atoms with E-state index in [1.165, 1.54) is 28.0 Å². The number of nitriles is 1. The first-order valence-corrected chi connectivity index (χ1v) is 13.2. The third kappa shape index (κ3) is 5.53. The minimum absolute atomic E-state index is 0.0708. The van der Waals surface area contributed by atoms with Gasteiger partial charge in [-0.25, -0.2) is 0 Å². The van der Waals surface area contributed by atoms with E-state index in [1.807, 2.05) is 0 Å². The number of anilines is 1. The molecule has 10 nitrogen and oxygen atoms in total. The van der Waals surface area contributed by atoms with Gasteiger partial charge in [0.2, 0.25) is 5.91 Å². The number of rotatable bonds is 9. The molecule has 2 aromatic heterocycles. The monoisotopic (exact) mass is 526 g/mol. The summed E-state index contributed by atoms with van der Waals surface area (Å²) in [5.41, 5.74) is 2.06. The van der Waals surface area contributed by atoms with Crippen LogP contribution in [0.2, 0.25) is 0 Å².